The zero-order chi connectivity index (χ0) is 27.9. The minimum absolute atomic E-state index is 0.00870. The first kappa shape index (κ1) is 36.7. The Balaban J connectivity index is 4.02. The molecule has 0 aromatic rings. The lowest BCUT2D eigenvalue weighted by atomic mass is 10.0. The van der Waals surface area contributed by atoms with E-state index in [4.69, 9.17) is 9.47 Å². The molecule has 0 aromatic heterocycles. The molecule has 0 saturated heterocycles. The second-order valence-electron chi connectivity index (χ2n) is 11.3. The molecule has 0 aliphatic heterocycles. The van der Waals surface area contributed by atoms with E-state index >= 15 is 0 Å². The lowest BCUT2D eigenvalue weighted by Crippen LogP contribution is -2.21. The number of ether oxygens (including phenoxy) is 2. The Hall–Kier alpha value is -1.29. The van der Waals surface area contributed by atoms with Crippen LogP contribution in [-0.2, 0) is 9.47 Å². The number of carbonyl (C=O) groups is 1. The summed E-state index contributed by atoms with van der Waals surface area (Å²) in [6.45, 7) is 5.87. The Bertz CT molecular complexity index is 544. The van der Waals surface area contributed by atoms with E-state index < -0.39 is 6.16 Å². The lowest BCUT2D eigenvalue weighted by Gasteiger charge is -2.18. The molecule has 0 heterocycles. The lowest BCUT2D eigenvalue weighted by molar-refractivity contribution is 0.0150. The zero-order valence-corrected chi connectivity index (χ0v) is 26.0. The molecule has 0 fully saturated rings. The van der Waals surface area contributed by atoms with Gasteiger partial charge in [0.2, 0.25) is 0 Å². The number of unbranched alkanes of at least 4 members (excludes halogenated alkanes) is 15. The summed E-state index contributed by atoms with van der Waals surface area (Å²) < 4.78 is 11.1. The van der Waals surface area contributed by atoms with Gasteiger partial charge in [-0.3, -0.25) is 0 Å². The van der Waals surface area contributed by atoms with Crippen molar-refractivity contribution in [1.29, 1.82) is 0 Å². The highest BCUT2D eigenvalue weighted by Crippen LogP contribution is 2.18. The van der Waals surface area contributed by atoms with Crippen molar-refractivity contribution in [2.75, 3.05) is 27.2 Å². The smallest absolute Gasteiger partial charge is 0.434 e. The summed E-state index contributed by atoms with van der Waals surface area (Å²) in [6, 6.07) is 0. The molecule has 0 aromatic carbocycles. The van der Waals surface area contributed by atoms with E-state index in [1.165, 1.54) is 103 Å². The van der Waals surface area contributed by atoms with Crippen LogP contribution in [0.2, 0.25) is 0 Å². The highest BCUT2D eigenvalue weighted by atomic mass is 16.7. The monoisotopic (exact) mass is 535 g/mol. The van der Waals surface area contributed by atoms with Crippen LogP contribution in [0.5, 0.6) is 0 Å². The summed E-state index contributed by atoms with van der Waals surface area (Å²) in [7, 11) is 4.06. The molecule has 1 atom stereocenters. The standard InChI is InChI=1S/C34H65NO3/c1-5-7-9-11-13-15-16-17-18-19-20-21-23-25-27-30-33(29-26-24-22-14-12-10-8-6-2)38-34(36)37-32-28-31-35(3)4/h13,15,17-18,33H,5-12,14,16,19-32H2,1-4H3/b15-13-,18-17-. The first-order chi connectivity index (χ1) is 18.6. The molecule has 224 valence electrons. The topological polar surface area (TPSA) is 38.8 Å². The minimum atomic E-state index is -0.476. The fourth-order valence-corrected chi connectivity index (χ4v) is 4.66. The molecule has 1 unspecified atom stereocenters. The van der Waals surface area contributed by atoms with Gasteiger partial charge in [-0.25, -0.2) is 4.79 Å². The summed E-state index contributed by atoms with van der Waals surface area (Å²) >= 11 is 0. The van der Waals surface area contributed by atoms with Crippen molar-refractivity contribution in [2.24, 2.45) is 0 Å². The van der Waals surface area contributed by atoms with Crippen LogP contribution >= 0.6 is 0 Å². The molecule has 0 aliphatic carbocycles. The first-order valence-corrected chi connectivity index (χ1v) is 16.4. The van der Waals surface area contributed by atoms with Gasteiger partial charge in [0.05, 0.1) is 6.61 Å². The third-order valence-corrected chi connectivity index (χ3v) is 7.09. The van der Waals surface area contributed by atoms with Crippen molar-refractivity contribution in [2.45, 2.75) is 161 Å². The third-order valence-electron chi connectivity index (χ3n) is 7.09. The van der Waals surface area contributed by atoms with Crippen LogP contribution in [0.25, 0.3) is 0 Å². The number of nitrogens with zero attached hydrogens (tertiary/aromatic N) is 1. The van der Waals surface area contributed by atoms with Crippen molar-refractivity contribution in [3.05, 3.63) is 24.3 Å². The number of carbonyl (C=O) groups excluding carboxylic acids is 1. The van der Waals surface area contributed by atoms with E-state index in [1.807, 2.05) is 14.1 Å². The Morgan fingerprint density at radius 2 is 1.11 bits per heavy atom. The van der Waals surface area contributed by atoms with Crippen molar-refractivity contribution in [1.82, 2.24) is 4.90 Å². The van der Waals surface area contributed by atoms with Gasteiger partial charge in [0.15, 0.2) is 0 Å². The predicted octanol–water partition coefficient (Wildman–Crippen LogP) is 10.8. The second-order valence-corrected chi connectivity index (χ2v) is 11.3. The number of rotatable bonds is 28. The van der Waals surface area contributed by atoms with E-state index in [0.29, 0.717) is 6.61 Å². The number of hydrogen-bond donors (Lipinski definition) is 0. The van der Waals surface area contributed by atoms with Gasteiger partial charge >= 0.3 is 6.16 Å². The summed E-state index contributed by atoms with van der Waals surface area (Å²) in [5.41, 5.74) is 0. The normalized spacial score (nSPS) is 12.7. The van der Waals surface area contributed by atoms with E-state index in [9.17, 15) is 4.79 Å². The summed E-state index contributed by atoms with van der Waals surface area (Å²) in [4.78, 5) is 14.3. The van der Waals surface area contributed by atoms with Crippen molar-refractivity contribution >= 4 is 6.16 Å². The van der Waals surface area contributed by atoms with Crippen LogP contribution < -0.4 is 0 Å². The van der Waals surface area contributed by atoms with Gasteiger partial charge in [0.25, 0.3) is 0 Å². The Kier molecular flexibility index (Phi) is 29.2. The Morgan fingerprint density at radius 1 is 0.632 bits per heavy atom. The SMILES string of the molecule is CCCCC/C=C\C/C=C\CCCCCCCC(CCCCCCCCCC)OC(=O)OCCCN(C)C. The molecule has 0 radical (unpaired) electrons. The number of allylic oxidation sites excluding steroid dienone is 4. The highest BCUT2D eigenvalue weighted by Gasteiger charge is 2.15. The van der Waals surface area contributed by atoms with E-state index in [1.54, 1.807) is 0 Å². The maximum Gasteiger partial charge on any atom is 0.508 e. The fourth-order valence-electron chi connectivity index (χ4n) is 4.66. The molecule has 0 N–H and O–H groups in total. The number of hydrogen-bond acceptors (Lipinski definition) is 4. The van der Waals surface area contributed by atoms with Crippen molar-refractivity contribution in [3.63, 3.8) is 0 Å². The van der Waals surface area contributed by atoms with Crippen LogP contribution in [0.1, 0.15) is 155 Å². The van der Waals surface area contributed by atoms with Crippen LogP contribution in [0.3, 0.4) is 0 Å². The molecule has 38 heavy (non-hydrogen) atoms. The minimum Gasteiger partial charge on any atom is -0.434 e. The summed E-state index contributed by atoms with van der Waals surface area (Å²) in [5, 5.41) is 0. The van der Waals surface area contributed by atoms with Crippen LogP contribution in [-0.4, -0.2) is 44.4 Å². The summed E-state index contributed by atoms with van der Waals surface area (Å²) in [6.07, 6.45) is 35.7. The van der Waals surface area contributed by atoms with Gasteiger partial charge in [-0.05, 0) is 78.3 Å². The zero-order valence-electron chi connectivity index (χ0n) is 26.0. The second kappa shape index (κ2) is 30.3. The van der Waals surface area contributed by atoms with Gasteiger partial charge in [0.1, 0.15) is 6.10 Å². The molecular formula is C34H65NO3. The fraction of sp³-hybridized carbons (Fsp3) is 0.853. The molecule has 0 amide bonds. The largest absolute Gasteiger partial charge is 0.508 e. The third kappa shape index (κ3) is 29.3. The van der Waals surface area contributed by atoms with Gasteiger partial charge < -0.3 is 14.4 Å². The van der Waals surface area contributed by atoms with E-state index in [2.05, 4.69) is 43.1 Å². The van der Waals surface area contributed by atoms with E-state index in [0.717, 1.165) is 45.1 Å². The molecule has 0 saturated carbocycles. The van der Waals surface area contributed by atoms with Crippen LogP contribution in [0.15, 0.2) is 24.3 Å². The molecule has 4 nitrogen and oxygen atoms in total. The van der Waals surface area contributed by atoms with Crippen molar-refractivity contribution in [3.8, 4) is 0 Å². The summed E-state index contributed by atoms with van der Waals surface area (Å²) in [5.74, 6) is 0. The molecule has 0 spiro atoms. The Morgan fingerprint density at radius 3 is 1.66 bits per heavy atom. The molecular weight excluding hydrogens is 470 g/mol. The Labute approximate surface area is 238 Å². The molecule has 0 bridgehead atoms. The quantitative estimate of drug-likeness (QED) is 0.0567. The molecule has 0 rings (SSSR count). The maximum absolute atomic E-state index is 12.2. The van der Waals surface area contributed by atoms with E-state index in [-0.39, 0.29) is 6.10 Å². The average molecular weight is 536 g/mol. The van der Waals surface area contributed by atoms with Gasteiger partial charge in [-0.2, -0.15) is 0 Å². The first-order valence-electron chi connectivity index (χ1n) is 16.4. The van der Waals surface area contributed by atoms with Gasteiger partial charge in [-0.15, -0.1) is 0 Å². The van der Waals surface area contributed by atoms with Crippen LogP contribution in [0.4, 0.5) is 4.79 Å². The van der Waals surface area contributed by atoms with Crippen molar-refractivity contribution < 1.29 is 14.3 Å². The average Bonchev–Trinajstić information content (AvgIpc) is 2.90. The highest BCUT2D eigenvalue weighted by molar-refractivity contribution is 5.60. The molecule has 4 heteroatoms. The predicted molar refractivity (Wildman–Crippen MR) is 166 cm³/mol. The molecule has 0 aliphatic rings. The van der Waals surface area contributed by atoms with Gasteiger partial charge in [-0.1, -0.05) is 115 Å². The van der Waals surface area contributed by atoms with Gasteiger partial charge in [0, 0.05) is 6.54 Å². The maximum atomic E-state index is 12.2. The van der Waals surface area contributed by atoms with Crippen LogP contribution in [0, 0.1) is 0 Å².